The van der Waals surface area contributed by atoms with E-state index in [2.05, 4.69) is 10.6 Å². The molecule has 1 heterocycles. The number of hydrogen-bond acceptors (Lipinski definition) is 3. The van der Waals surface area contributed by atoms with Crippen LogP contribution in [0.5, 0.6) is 0 Å². The lowest BCUT2D eigenvalue weighted by Crippen LogP contribution is -2.34. The Bertz CT molecular complexity index is 110. The van der Waals surface area contributed by atoms with Crippen LogP contribution in [-0.2, 0) is 0 Å². The zero-order chi connectivity index (χ0) is 8.10. The van der Waals surface area contributed by atoms with E-state index in [0.717, 1.165) is 25.6 Å². The normalized spacial score (nSPS) is 23.1. The van der Waals surface area contributed by atoms with Gasteiger partial charge in [-0.05, 0) is 38.9 Å². The maximum atomic E-state index is 8.73. The van der Waals surface area contributed by atoms with E-state index in [1.54, 1.807) is 0 Å². The van der Waals surface area contributed by atoms with E-state index in [-0.39, 0.29) is 39.6 Å². The monoisotopic (exact) mass is 226 g/mol. The Morgan fingerprint density at radius 1 is 1.54 bits per heavy atom. The number of aliphatic hydroxyl groups excluding tert-OH is 1. The van der Waals surface area contributed by atoms with Gasteiger partial charge in [-0.2, -0.15) is 27.0 Å². The number of aliphatic hydroxyl groups is 1. The maximum absolute atomic E-state index is 8.73. The average molecular weight is 226 g/mol. The molecule has 0 aromatic rings. The molecule has 2 atom stereocenters. The standard InChI is InChI=1S/C8H18N2O.2H2S/c1-7(6-11)10-5-8-2-3-9-4-8;;/h7-11H,2-6H2,1H3;2*1H2/t7-,8-;;/m0../s1. The maximum Gasteiger partial charge on any atom is 0.0581 e. The van der Waals surface area contributed by atoms with Crippen LogP contribution in [0.1, 0.15) is 13.3 Å². The van der Waals surface area contributed by atoms with Gasteiger partial charge in [0.25, 0.3) is 0 Å². The molecule has 13 heavy (non-hydrogen) atoms. The quantitative estimate of drug-likeness (QED) is 0.622. The first kappa shape index (κ1) is 16.0. The Labute approximate surface area is 94.6 Å². The Morgan fingerprint density at radius 3 is 2.69 bits per heavy atom. The fourth-order valence-corrected chi connectivity index (χ4v) is 1.32. The molecule has 82 valence electrons. The van der Waals surface area contributed by atoms with Gasteiger partial charge in [0.2, 0.25) is 0 Å². The van der Waals surface area contributed by atoms with Crippen LogP contribution in [0.25, 0.3) is 0 Å². The molecular formula is C8H22N2OS2. The highest BCUT2D eigenvalue weighted by atomic mass is 32.1. The molecule has 1 aliphatic heterocycles. The molecule has 0 saturated carbocycles. The molecule has 1 fully saturated rings. The molecular weight excluding hydrogens is 204 g/mol. The van der Waals surface area contributed by atoms with Crippen molar-refractivity contribution in [2.24, 2.45) is 5.92 Å². The molecule has 1 saturated heterocycles. The summed E-state index contributed by atoms with van der Waals surface area (Å²) in [5.74, 6) is 0.768. The summed E-state index contributed by atoms with van der Waals surface area (Å²) in [4.78, 5) is 0. The van der Waals surface area contributed by atoms with Crippen molar-refractivity contribution in [3.8, 4) is 0 Å². The van der Waals surface area contributed by atoms with E-state index >= 15 is 0 Å². The van der Waals surface area contributed by atoms with Gasteiger partial charge in [0.05, 0.1) is 6.61 Å². The Kier molecular flexibility index (Phi) is 11.3. The Morgan fingerprint density at radius 2 is 2.23 bits per heavy atom. The van der Waals surface area contributed by atoms with Gasteiger partial charge >= 0.3 is 0 Å². The highest BCUT2D eigenvalue weighted by molar-refractivity contribution is 7.59. The third kappa shape index (κ3) is 6.62. The average Bonchev–Trinajstić information content (AvgIpc) is 2.52. The zero-order valence-electron chi connectivity index (χ0n) is 8.14. The molecule has 5 heteroatoms. The molecule has 0 aromatic heterocycles. The van der Waals surface area contributed by atoms with Crippen molar-refractivity contribution >= 4 is 27.0 Å². The van der Waals surface area contributed by atoms with Crippen LogP contribution in [-0.4, -0.2) is 37.4 Å². The minimum atomic E-state index is 0. The molecule has 0 bridgehead atoms. The van der Waals surface area contributed by atoms with E-state index < -0.39 is 0 Å². The van der Waals surface area contributed by atoms with Crippen LogP contribution in [0.4, 0.5) is 0 Å². The molecule has 0 amide bonds. The van der Waals surface area contributed by atoms with Gasteiger partial charge in [0.15, 0.2) is 0 Å². The first-order chi connectivity index (χ1) is 5.33. The highest BCUT2D eigenvalue weighted by Gasteiger charge is 2.14. The molecule has 0 aliphatic carbocycles. The first-order valence-electron chi connectivity index (χ1n) is 4.38. The van der Waals surface area contributed by atoms with Gasteiger partial charge in [-0.25, -0.2) is 0 Å². The van der Waals surface area contributed by atoms with Crippen molar-refractivity contribution in [1.29, 1.82) is 0 Å². The van der Waals surface area contributed by atoms with E-state index in [4.69, 9.17) is 5.11 Å². The molecule has 0 unspecified atom stereocenters. The predicted octanol–water partition coefficient (Wildman–Crippen LogP) is -0.208. The van der Waals surface area contributed by atoms with Crippen LogP contribution >= 0.6 is 27.0 Å². The molecule has 1 aliphatic rings. The molecule has 0 aromatic carbocycles. The topological polar surface area (TPSA) is 44.3 Å². The van der Waals surface area contributed by atoms with Crippen molar-refractivity contribution in [2.75, 3.05) is 26.2 Å². The van der Waals surface area contributed by atoms with Gasteiger partial charge < -0.3 is 15.7 Å². The Hall–Kier alpha value is 0.580. The molecule has 3 nitrogen and oxygen atoms in total. The van der Waals surface area contributed by atoms with Gasteiger partial charge in [-0.1, -0.05) is 0 Å². The van der Waals surface area contributed by atoms with Gasteiger partial charge in [-0.3, -0.25) is 0 Å². The lowest BCUT2D eigenvalue weighted by Gasteiger charge is -2.13. The van der Waals surface area contributed by atoms with E-state index in [0.29, 0.717) is 0 Å². The van der Waals surface area contributed by atoms with Crippen molar-refractivity contribution in [3.05, 3.63) is 0 Å². The number of nitrogens with one attached hydrogen (secondary N) is 2. The second-order valence-electron chi connectivity index (χ2n) is 3.35. The zero-order valence-corrected chi connectivity index (χ0v) is 10.1. The second-order valence-corrected chi connectivity index (χ2v) is 3.35. The number of hydrogen-bond donors (Lipinski definition) is 3. The SMILES string of the molecule is C[C@@H](CO)NC[C@H]1CCNC1.S.S. The van der Waals surface area contributed by atoms with Crippen molar-refractivity contribution < 1.29 is 5.11 Å². The van der Waals surface area contributed by atoms with Crippen LogP contribution < -0.4 is 10.6 Å². The smallest absolute Gasteiger partial charge is 0.0581 e. The minimum Gasteiger partial charge on any atom is -0.395 e. The summed E-state index contributed by atoms with van der Waals surface area (Å²) in [7, 11) is 0. The second kappa shape index (κ2) is 9.15. The summed E-state index contributed by atoms with van der Waals surface area (Å²) in [6, 6.07) is 0.246. The summed E-state index contributed by atoms with van der Waals surface area (Å²) >= 11 is 0. The summed E-state index contributed by atoms with van der Waals surface area (Å²) in [6.07, 6.45) is 1.27. The van der Waals surface area contributed by atoms with Crippen molar-refractivity contribution in [1.82, 2.24) is 10.6 Å². The highest BCUT2D eigenvalue weighted by Crippen LogP contribution is 2.05. The van der Waals surface area contributed by atoms with Crippen molar-refractivity contribution in [2.45, 2.75) is 19.4 Å². The number of rotatable bonds is 4. The molecule has 0 spiro atoms. The Balaban J connectivity index is 0. The largest absolute Gasteiger partial charge is 0.395 e. The van der Waals surface area contributed by atoms with Gasteiger partial charge in [0, 0.05) is 6.04 Å². The van der Waals surface area contributed by atoms with E-state index in [1.165, 1.54) is 6.42 Å². The van der Waals surface area contributed by atoms with Crippen LogP contribution in [0.2, 0.25) is 0 Å². The molecule has 3 N–H and O–H groups in total. The third-order valence-corrected chi connectivity index (χ3v) is 2.19. The summed E-state index contributed by atoms with van der Waals surface area (Å²) < 4.78 is 0. The first-order valence-corrected chi connectivity index (χ1v) is 4.38. The van der Waals surface area contributed by atoms with Gasteiger partial charge in [0.1, 0.15) is 0 Å². The molecule has 0 radical (unpaired) electrons. The lowest BCUT2D eigenvalue weighted by atomic mass is 10.1. The lowest BCUT2D eigenvalue weighted by molar-refractivity contribution is 0.247. The van der Waals surface area contributed by atoms with Crippen LogP contribution in [0.3, 0.4) is 0 Å². The minimum absolute atomic E-state index is 0. The van der Waals surface area contributed by atoms with Gasteiger partial charge in [-0.15, -0.1) is 0 Å². The summed E-state index contributed by atoms with van der Waals surface area (Å²) in [6.45, 7) is 5.56. The van der Waals surface area contributed by atoms with Crippen LogP contribution in [0.15, 0.2) is 0 Å². The van der Waals surface area contributed by atoms with E-state index in [9.17, 15) is 0 Å². The van der Waals surface area contributed by atoms with Crippen molar-refractivity contribution in [3.63, 3.8) is 0 Å². The van der Waals surface area contributed by atoms with Crippen LogP contribution in [0, 0.1) is 5.92 Å². The molecule has 1 rings (SSSR count). The summed E-state index contributed by atoms with van der Waals surface area (Å²) in [5.41, 5.74) is 0. The van der Waals surface area contributed by atoms with E-state index in [1.807, 2.05) is 6.92 Å². The third-order valence-electron chi connectivity index (χ3n) is 2.19. The predicted molar refractivity (Wildman–Crippen MR) is 66.3 cm³/mol. The fraction of sp³-hybridized carbons (Fsp3) is 1.00. The summed E-state index contributed by atoms with van der Waals surface area (Å²) in [5, 5.41) is 15.3. The fourth-order valence-electron chi connectivity index (χ4n) is 1.32.